The Kier molecular flexibility index (Phi) is 7.47. The van der Waals surface area contributed by atoms with Gasteiger partial charge in [0.15, 0.2) is 12.1 Å². The largest absolute Gasteiger partial charge is 0.474 e. The average Bonchev–Trinajstić information content (AvgIpc) is 3.39. The maximum absolute atomic E-state index is 13.5. The monoisotopic (exact) mass is 529 g/mol. The summed E-state index contributed by atoms with van der Waals surface area (Å²) in [6.07, 6.45) is 1.95. The quantitative estimate of drug-likeness (QED) is 0.485. The van der Waals surface area contributed by atoms with Crippen molar-refractivity contribution in [3.05, 3.63) is 94.1 Å². The summed E-state index contributed by atoms with van der Waals surface area (Å²) in [6, 6.07) is 20.7. The summed E-state index contributed by atoms with van der Waals surface area (Å²) in [7, 11) is 0. The number of nitrogens with one attached hydrogen (secondary N) is 1. The predicted molar refractivity (Wildman–Crippen MR) is 144 cm³/mol. The molecular weight excluding hydrogens is 502 g/mol. The highest BCUT2D eigenvalue weighted by molar-refractivity contribution is 6.30. The fourth-order valence-corrected chi connectivity index (χ4v) is 5.17. The minimum atomic E-state index is -0.170. The molecule has 1 amide bonds. The van der Waals surface area contributed by atoms with Crippen LogP contribution in [0, 0.1) is 17.2 Å². The van der Waals surface area contributed by atoms with Crippen molar-refractivity contribution in [1.82, 2.24) is 15.2 Å². The van der Waals surface area contributed by atoms with Crippen LogP contribution in [0.3, 0.4) is 0 Å². The Morgan fingerprint density at radius 1 is 1.18 bits per heavy atom. The number of hydrogen-bond acceptors (Lipinski definition) is 7. The number of carbonyl (C=O) groups is 1. The van der Waals surface area contributed by atoms with Gasteiger partial charge in [0.25, 0.3) is 5.91 Å². The SMILES string of the molecule is CC1NC(c2ccc(C(=O)N3CC[C@H](C(C)Oc4ccc(C#N)cn4)[C@@H](c4ccc(Cl)cc4)C3)cc2)=NO1. The number of nitriles is 1. The second-order valence-corrected chi connectivity index (χ2v) is 10.0. The summed E-state index contributed by atoms with van der Waals surface area (Å²) in [6.45, 7) is 5.08. The van der Waals surface area contributed by atoms with E-state index >= 15 is 0 Å². The third-order valence-electron chi connectivity index (χ3n) is 7.07. The van der Waals surface area contributed by atoms with Gasteiger partial charge in [-0.2, -0.15) is 5.26 Å². The van der Waals surface area contributed by atoms with Gasteiger partial charge in [-0.1, -0.05) is 41.0 Å². The fraction of sp³-hybridized carbons (Fsp3) is 0.310. The van der Waals surface area contributed by atoms with Crippen molar-refractivity contribution in [1.29, 1.82) is 5.26 Å². The summed E-state index contributed by atoms with van der Waals surface area (Å²) in [5, 5.41) is 16.9. The van der Waals surface area contributed by atoms with Gasteiger partial charge in [-0.15, -0.1) is 0 Å². The molecule has 0 aliphatic carbocycles. The lowest BCUT2D eigenvalue weighted by atomic mass is 9.77. The summed E-state index contributed by atoms with van der Waals surface area (Å²) >= 11 is 6.17. The van der Waals surface area contributed by atoms with E-state index in [1.807, 2.05) is 67.3 Å². The lowest BCUT2D eigenvalue weighted by molar-refractivity contribution is 0.0484. The Bertz CT molecular complexity index is 1350. The first-order chi connectivity index (χ1) is 18.4. The lowest BCUT2D eigenvalue weighted by Gasteiger charge is -2.41. The Balaban J connectivity index is 1.33. The number of amides is 1. The third kappa shape index (κ3) is 5.58. The van der Waals surface area contributed by atoms with Gasteiger partial charge in [0, 0.05) is 53.3 Å². The summed E-state index contributed by atoms with van der Waals surface area (Å²) in [5.74, 6) is 1.32. The van der Waals surface area contributed by atoms with Gasteiger partial charge < -0.3 is 19.8 Å². The number of nitrogens with zero attached hydrogens (tertiary/aromatic N) is 4. The van der Waals surface area contributed by atoms with E-state index in [9.17, 15) is 4.79 Å². The lowest BCUT2D eigenvalue weighted by Crippen LogP contribution is -2.46. The Morgan fingerprint density at radius 3 is 2.58 bits per heavy atom. The molecule has 1 aromatic heterocycles. The fourth-order valence-electron chi connectivity index (χ4n) is 5.04. The van der Waals surface area contributed by atoms with Gasteiger partial charge in [0.2, 0.25) is 5.88 Å². The molecule has 8 nitrogen and oxygen atoms in total. The zero-order valence-corrected chi connectivity index (χ0v) is 21.9. The minimum absolute atomic E-state index is 0.0118. The van der Waals surface area contributed by atoms with E-state index in [-0.39, 0.29) is 30.1 Å². The number of aromatic nitrogens is 1. The smallest absolute Gasteiger partial charge is 0.253 e. The molecule has 2 aliphatic rings. The van der Waals surface area contributed by atoms with Crippen LogP contribution in [0.25, 0.3) is 0 Å². The van der Waals surface area contributed by atoms with Crippen molar-refractivity contribution in [2.24, 2.45) is 11.1 Å². The number of carbonyl (C=O) groups excluding carboxylic acids is 1. The molecule has 2 unspecified atom stereocenters. The van der Waals surface area contributed by atoms with Crippen LogP contribution in [0.5, 0.6) is 5.88 Å². The van der Waals surface area contributed by atoms with E-state index in [4.69, 9.17) is 26.4 Å². The molecule has 2 aliphatic heterocycles. The molecule has 0 radical (unpaired) electrons. The molecule has 0 saturated carbocycles. The van der Waals surface area contributed by atoms with Crippen molar-refractivity contribution in [3.63, 3.8) is 0 Å². The number of amidine groups is 1. The first kappa shape index (κ1) is 25.6. The second-order valence-electron chi connectivity index (χ2n) is 9.59. The second kappa shape index (κ2) is 11.1. The summed E-state index contributed by atoms with van der Waals surface area (Å²) < 4.78 is 6.20. The number of ether oxygens (including phenoxy) is 1. The van der Waals surface area contributed by atoms with E-state index in [2.05, 4.69) is 21.5 Å². The number of rotatable bonds is 6. The summed E-state index contributed by atoms with van der Waals surface area (Å²) in [5.41, 5.74) is 3.08. The van der Waals surface area contributed by atoms with Gasteiger partial charge in [-0.25, -0.2) is 4.98 Å². The first-order valence-electron chi connectivity index (χ1n) is 12.6. The van der Waals surface area contributed by atoms with Crippen molar-refractivity contribution < 1.29 is 14.4 Å². The number of hydrogen-bond donors (Lipinski definition) is 1. The average molecular weight is 530 g/mol. The van der Waals surface area contributed by atoms with Crippen LogP contribution in [0.1, 0.15) is 53.2 Å². The molecule has 3 aromatic rings. The van der Waals surface area contributed by atoms with E-state index in [0.29, 0.717) is 41.0 Å². The number of benzene rings is 2. The van der Waals surface area contributed by atoms with Crippen LogP contribution < -0.4 is 10.1 Å². The molecule has 4 atom stereocenters. The molecule has 2 aromatic carbocycles. The number of piperidine rings is 1. The highest BCUT2D eigenvalue weighted by Gasteiger charge is 2.37. The summed E-state index contributed by atoms with van der Waals surface area (Å²) in [4.78, 5) is 24.9. The van der Waals surface area contributed by atoms with Gasteiger partial charge in [-0.3, -0.25) is 4.79 Å². The normalized spacial score (nSPS) is 21.5. The van der Waals surface area contributed by atoms with Gasteiger partial charge in [0.1, 0.15) is 12.2 Å². The molecule has 9 heteroatoms. The highest BCUT2D eigenvalue weighted by atomic mass is 35.5. The molecular formula is C29H28ClN5O3. The minimum Gasteiger partial charge on any atom is -0.474 e. The van der Waals surface area contributed by atoms with Crippen molar-refractivity contribution in [3.8, 4) is 11.9 Å². The predicted octanol–water partition coefficient (Wildman–Crippen LogP) is 4.95. The molecule has 194 valence electrons. The number of oxime groups is 1. The van der Waals surface area contributed by atoms with Gasteiger partial charge >= 0.3 is 0 Å². The van der Waals surface area contributed by atoms with Crippen LogP contribution in [-0.2, 0) is 4.84 Å². The number of pyridine rings is 1. The molecule has 38 heavy (non-hydrogen) atoms. The molecule has 1 fully saturated rings. The zero-order chi connectivity index (χ0) is 26.6. The topological polar surface area (TPSA) is 99.8 Å². The number of likely N-dealkylation sites (tertiary alicyclic amines) is 1. The Morgan fingerprint density at radius 2 is 1.95 bits per heavy atom. The van der Waals surface area contributed by atoms with Crippen LogP contribution >= 0.6 is 11.6 Å². The maximum atomic E-state index is 13.5. The molecule has 1 N–H and O–H groups in total. The standard InChI is InChI=1S/C29H28ClN5O3/c1-18(37-27-12-3-20(15-31)16-32-27)25-13-14-35(17-26(25)21-8-10-24(30)11-9-21)29(36)23-6-4-22(5-7-23)28-33-19(2)38-34-28/h3-12,16,18-19,25-26H,13-14,17H2,1-2H3,(H,33,34)/t18?,19?,25-,26-/m1/s1. The van der Waals surface area contributed by atoms with Crippen LogP contribution in [0.15, 0.2) is 72.0 Å². The third-order valence-corrected chi connectivity index (χ3v) is 7.33. The molecule has 0 spiro atoms. The van der Waals surface area contributed by atoms with Gasteiger partial charge in [0.05, 0.1) is 5.56 Å². The number of halogens is 1. The van der Waals surface area contributed by atoms with Crippen LogP contribution in [0.2, 0.25) is 5.02 Å². The van der Waals surface area contributed by atoms with E-state index in [1.165, 1.54) is 6.20 Å². The van der Waals surface area contributed by atoms with E-state index in [1.54, 1.807) is 12.1 Å². The van der Waals surface area contributed by atoms with Crippen molar-refractivity contribution in [2.75, 3.05) is 13.1 Å². The van der Waals surface area contributed by atoms with Crippen molar-refractivity contribution >= 4 is 23.3 Å². The zero-order valence-electron chi connectivity index (χ0n) is 21.2. The highest BCUT2D eigenvalue weighted by Crippen LogP contribution is 2.37. The Labute approximate surface area is 226 Å². The van der Waals surface area contributed by atoms with Crippen molar-refractivity contribution in [2.45, 2.75) is 38.5 Å². The van der Waals surface area contributed by atoms with Crippen LogP contribution in [-0.4, -0.2) is 47.0 Å². The van der Waals surface area contributed by atoms with Crippen LogP contribution in [0.4, 0.5) is 0 Å². The van der Waals surface area contributed by atoms with Gasteiger partial charge in [-0.05, 0) is 56.2 Å². The first-order valence-corrected chi connectivity index (χ1v) is 13.0. The molecule has 0 bridgehead atoms. The molecule has 1 saturated heterocycles. The van der Waals surface area contributed by atoms with E-state index < -0.39 is 0 Å². The van der Waals surface area contributed by atoms with E-state index in [0.717, 1.165) is 17.5 Å². The Hall–Kier alpha value is -4.09. The molecule has 5 rings (SSSR count). The molecule has 3 heterocycles. The maximum Gasteiger partial charge on any atom is 0.253 e.